The van der Waals surface area contributed by atoms with Crippen LogP contribution in [0.5, 0.6) is 0 Å². The summed E-state index contributed by atoms with van der Waals surface area (Å²) in [4.78, 5) is 0. The summed E-state index contributed by atoms with van der Waals surface area (Å²) < 4.78 is 40.9. The van der Waals surface area contributed by atoms with Crippen LogP contribution in [0, 0.1) is 13.8 Å². The second-order valence-corrected chi connectivity index (χ2v) is 5.31. The molecule has 0 aliphatic carbocycles. The van der Waals surface area contributed by atoms with Crippen molar-refractivity contribution in [3.05, 3.63) is 34.9 Å². The largest absolute Gasteiger partial charge is 0.411 e. The molecular weight excluding hydrogens is 279 g/mol. The van der Waals surface area contributed by atoms with E-state index in [9.17, 15) is 13.2 Å². The summed E-state index contributed by atoms with van der Waals surface area (Å²) in [6.45, 7) is 5.88. The molecule has 0 aliphatic heterocycles. The van der Waals surface area contributed by atoms with E-state index >= 15 is 0 Å². The third kappa shape index (κ3) is 6.96. The number of hydrogen-bond donors (Lipinski definition) is 1. The zero-order valence-electron chi connectivity index (χ0n) is 12.9. The normalized spacial score (nSPS) is 13.4. The summed E-state index contributed by atoms with van der Waals surface area (Å²) in [5.74, 6) is 0. The van der Waals surface area contributed by atoms with Crippen LogP contribution in [0.25, 0.3) is 0 Å². The third-order valence-electron chi connectivity index (χ3n) is 3.39. The summed E-state index contributed by atoms with van der Waals surface area (Å²) in [5, 5.41) is 3.37. The van der Waals surface area contributed by atoms with E-state index in [1.54, 1.807) is 0 Å². The number of alkyl halides is 3. The number of aryl methyl sites for hydroxylation is 2. The Bertz CT molecular complexity index is 432. The zero-order valence-corrected chi connectivity index (χ0v) is 12.9. The van der Waals surface area contributed by atoms with Crippen molar-refractivity contribution in [2.45, 2.75) is 45.8 Å². The van der Waals surface area contributed by atoms with Gasteiger partial charge in [0.1, 0.15) is 6.61 Å². The lowest BCUT2D eigenvalue weighted by Crippen LogP contribution is -2.25. The zero-order chi connectivity index (χ0) is 15.9. The van der Waals surface area contributed by atoms with E-state index in [0.29, 0.717) is 6.42 Å². The number of halogens is 3. The van der Waals surface area contributed by atoms with Gasteiger partial charge in [0.05, 0.1) is 0 Å². The molecule has 1 unspecified atom stereocenters. The topological polar surface area (TPSA) is 21.3 Å². The molecule has 1 atom stereocenters. The third-order valence-corrected chi connectivity index (χ3v) is 3.39. The van der Waals surface area contributed by atoms with Crippen LogP contribution in [-0.4, -0.2) is 25.9 Å². The van der Waals surface area contributed by atoms with Crippen LogP contribution in [0.1, 0.15) is 42.5 Å². The second-order valence-electron chi connectivity index (χ2n) is 5.31. The van der Waals surface area contributed by atoms with Gasteiger partial charge in [0, 0.05) is 12.6 Å². The highest BCUT2D eigenvalue weighted by Gasteiger charge is 2.27. The SMILES string of the molecule is CCCNC(CCOCC(F)(F)F)c1ccc(C)c(C)c1. The maximum atomic E-state index is 12.1. The summed E-state index contributed by atoms with van der Waals surface area (Å²) in [6.07, 6.45) is -2.75. The highest BCUT2D eigenvalue weighted by molar-refractivity contribution is 5.31. The lowest BCUT2D eigenvalue weighted by Gasteiger charge is -2.20. The molecule has 5 heteroatoms. The average molecular weight is 303 g/mol. The van der Waals surface area contributed by atoms with Gasteiger partial charge in [0.25, 0.3) is 0 Å². The molecule has 0 bridgehead atoms. The number of nitrogens with one attached hydrogen (secondary N) is 1. The predicted molar refractivity (Wildman–Crippen MR) is 78.4 cm³/mol. The molecular formula is C16H24F3NO. The highest BCUT2D eigenvalue weighted by Crippen LogP contribution is 2.21. The van der Waals surface area contributed by atoms with Crippen LogP contribution in [0.4, 0.5) is 13.2 Å². The lowest BCUT2D eigenvalue weighted by atomic mass is 9.99. The Labute approximate surface area is 124 Å². The highest BCUT2D eigenvalue weighted by atomic mass is 19.4. The Balaban J connectivity index is 2.60. The van der Waals surface area contributed by atoms with Gasteiger partial charge in [0.15, 0.2) is 0 Å². The predicted octanol–water partition coefficient (Wildman–Crippen LogP) is 4.31. The first-order chi connectivity index (χ1) is 9.83. The molecule has 21 heavy (non-hydrogen) atoms. The molecule has 2 nitrogen and oxygen atoms in total. The molecule has 0 spiro atoms. The monoisotopic (exact) mass is 303 g/mol. The fourth-order valence-electron chi connectivity index (χ4n) is 2.08. The van der Waals surface area contributed by atoms with Crippen molar-refractivity contribution >= 4 is 0 Å². The molecule has 0 saturated carbocycles. The van der Waals surface area contributed by atoms with Gasteiger partial charge in [-0.3, -0.25) is 0 Å². The van der Waals surface area contributed by atoms with E-state index < -0.39 is 12.8 Å². The molecule has 0 aliphatic rings. The minimum absolute atomic E-state index is 0.0254. The van der Waals surface area contributed by atoms with Crippen molar-refractivity contribution in [3.8, 4) is 0 Å². The van der Waals surface area contributed by atoms with Gasteiger partial charge in [-0.1, -0.05) is 25.1 Å². The van der Waals surface area contributed by atoms with Gasteiger partial charge in [-0.05, 0) is 49.9 Å². The Morgan fingerprint density at radius 2 is 1.90 bits per heavy atom. The van der Waals surface area contributed by atoms with Crippen LogP contribution in [-0.2, 0) is 4.74 Å². The van der Waals surface area contributed by atoms with Crippen LogP contribution >= 0.6 is 0 Å². The lowest BCUT2D eigenvalue weighted by molar-refractivity contribution is -0.174. The standard InChI is InChI=1S/C16H24F3NO/c1-4-8-20-15(7-9-21-11-16(17,18)19)14-6-5-12(2)13(3)10-14/h5-6,10,15,20H,4,7-9,11H2,1-3H3. The second kappa shape index (κ2) is 8.39. The molecule has 0 saturated heterocycles. The minimum Gasteiger partial charge on any atom is -0.372 e. The Morgan fingerprint density at radius 1 is 1.19 bits per heavy atom. The van der Waals surface area contributed by atoms with E-state index in [4.69, 9.17) is 4.74 Å². The minimum atomic E-state index is -4.26. The van der Waals surface area contributed by atoms with Gasteiger partial charge < -0.3 is 10.1 Å². The average Bonchev–Trinajstić information content (AvgIpc) is 2.40. The van der Waals surface area contributed by atoms with E-state index in [1.807, 2.05) is 26.0 Å². The van der Waals surface area contributed by atoms with Crippen LogP contribution in [0.3, 0.4) is 0 Å². The first-order valence-electron chi connectivity index (χ1n) is 7.28. The van der Waals surface area contributed by atoms with E-state index in [0.717, 1.165) is 18.5 Å². The molecule has 120 valence electrons. The summed E-state index contributed by atoms with van der Waals surface area (Å²) >= 11 is 0. The number of rotatable bonds is 8. The van der Waals surface area contributed by atoms with Gasteiger partial charge in [-0.15, -0.1) is 0 Å². The molecule has 1 N–H and O–H groups in total. The Kier molecular flexibility index (Phi) is 7.18. The summed E-state index contributed by atoms with van der Waals surface area (Å²) in [6, 6.07) is 6.19. The van der Waals surface area contributed by atoms with Crippen molar-refractivity contribution < 1.29 is 17.9 Å². The summed E-state index contributed by atoms with van der Waals surface area (Å²) in [5.41, 5.74) is 3.50. The smallest absolute Gasteiger partial charge is 0.372 e. The fourth-order valence-corrected chi connectivity index (χ4v) is 2.08. The van der Waals surface area contributed by atoms with Crippen molar-refractivity contribution in [1.82, 2.24) is 5.32 Å². The quantitative estimate of drug-likeness (QED) is 0.722. The molecule has 1 rings (SSSR count). The van der Waals surface area contributed by atoms with E-state index in [2.05, 4.69) is 18.3 Å². The molecule has 1 aromatic carbocycles. The Morgan fingerprint density at radius 3 is 2.48 bits per heavy atom. The molecule has 0 heterocycles. The van der Waals surface area contributed by atoms with Crippen LogP contribution in [0.2, 0.25) is 0 Å². The molecule has 0 amide bonds. The van der Waals surface area contributed by atoms with Gasteiger partial charge in [-0.25, -0.2) is 0 Å². The van der Waals surface area contributed by atoms with E-state index in [1.165, 1.54) is 11.1 Å². The molecule has 0 aromatic heterocycles. The summed E-state index contributed by atoms with van der Waals surface area (Å²) in [7, 11) is 0. The van der Waals surface area contributed by atoms with Crippen molar-refractivity contribution in [2.75, 3.05) is 19.8 Å². The van der Waals surface area contributed by atoms with Crippen molar-refractivity contribution in [3.63, 3.8) is 0 Å². The van der Waals surface area contributed by atoms with Crippen molar-refractivity contribution in [2.24, 2.45) is 0 Å². The van der Waals surface area contributed by atoms with Crippen LogP contribution < -0.4 is 5.32 Å². The van der Waals surface area contributed by atoms with Crippen LogP contribution in [0.15, 0.2) is 18.2 Å². The molecule has 1 aromatic rings. The molecule has 0 radical (unpaired) electrons. The number of hydrogen-bond acceptors (Lipinski definition) is 2. The Hall–Kier alpha value is -1.07. The van der Waals surface area contributed by atoms with E-state index in [-0.39, 0.29) is 12.6 Å². The maximum Gasteiger partial charge on any atom is 0.411 e. The fraction of sp³-hybridized carbons (Fsp3) is 0.625. The first kappa shape index (κ1) is 18.0. The van der Waals surface area contributed by atoms with Gasteiger partial charge in [0.2, 0.25) is 0 Å². The molecule has 0 fully saturated rings. The maximum absolute atomic E-state index is 12.1. The van der Waals surface area contributed by atoms with Gasteiger partial charge >= 0.3 is 6.18 Å². The first-order valence-corrected chi connectivity index (χ1v) is 7.28. The number of ether oxygens (including phenoxy) is 1. The number of benzene rings is 1. The van der Waals surface area contributed by atoms with Crippen molar-refractivity contribution in [1.29, 1.82) is 0 Å². The van der Waals surface area contributed by atoms with Gasteiger partial charge in [-0.2, -0.15) is 13.2 Å².